The SMILES string of the molecule is CCO.CCO.Cc1ccc(C)cc1.Cc1ccc(C)cc1. The van der Waals surface area contributed by atoms with Crippen LogP contribution in [0, 0.1) is 27.7 Å². The Hall–Kier alpha value is -1.64. The van der Waals surface area contributed by atoms with Gasteiger partial charge in [-0.15, -0.1) is 0 Å². The summed E-state index contributed by atoms with van der Waals surface area (Å²) in [6.45, 7) is 12.2. The Balaban J connectivity index is 0. The highest BCUT2D eigenvalue weighted by Gasteiger charge is 1.80. The molecule has 0 aliphatic heterocycles. The van der Waals surface area contributed by atoms with E-state index in [1.807, 2.05) is 0 Å². The van der Waals surface area contributed by atoms with Crippen LogP contribution in [0.1, 0.15) is 36.1 Å². The Kier molecular flexibility index (Phi) is 16.2. The van der Waals surface area contributed by atoms with Gasteiger partial charge in [-0.1, -0.05) is 70.8 Å². The molecule has 2 aromatic rings. The lowest BCUT2D eigenvalue weighted by Gasteiger charge is -1.90. The molecule has 2 heteroatoms. The van der Waals surface area contributed by atoms with E-state index in [1.165, 1.54) is 22.3 Å². The second-order valence-electron chi connectivity index (χ2n) is 4.94. The fourth-order valence-electron chi connectivity index (χ4n) is 1.27. The quantitative estimate of drug-likeness (QED) is 0.746. The zero-order chi connectivity index (χ0) is 17.4. The molecule has 0 aliphatic carbocycles. The average Bonchev–Trinajstić information content (AvgIpc) is 2.48. The molecule has 2 rings (SSSR count). The summed E-state index contributed by atoms with van der Waals surface area (Å²) < 4.78 is 0. The van der Waals surface area contributed by atoms with E-state index >= 15 is 0 Å². The smallest absolute Gasteiger partial charge is 0.0402 e. The van der Waals surface area contributed by atoms with Crippen molar-refractivity contribution < 1.29 is 10.2 Å². The zero-order valence-electron chi connectivity index (χ0n) is 14.9. The van der Waals surface area contributed by atoms with E-state index in [4.69, 9.17) is 10.2 Å². The lowest BCUT2D eigenvalue weighted by molar-refractivity contribution is 0.318. The Bertz CT molecular complexity index is 357. The summed E-state index contributed by atoms with van der Waals surface area (Å²) in [6.07, 6.45) is 0. The molecule has 0 heterocycles. The van der Waals surface area contributed by atoms with E-state index < -0.39 is 0 Å². The Labute approximate surface area is 136 Å². The van der Waals surface area contributed by atoms with Crippen molar-refractivity contribution in [2.24, 2.45) is 0 Å². The Morgan fingerprint density at radius 1 is 0.500 bits per heavy atom. The van der Waals surface area contributed by atoms with Crippen LogP contribution in [0.3, 0.4) is 0 Å². The van der Waals surface area contributed by atoms with E-state index in [-0.39, 0.29) is 13.2 Å². The zero-order valence-corrected chi connectivity index (χ0v) is 14.9. The lowest BCUT2D eigenvalue weighted by atomic mass is 10.2. The summed E-state index contributed by atoms with van der Waals surface area (Å²) in [7, 11) is 0. The number of benzene rings is 2. The molecule has 0 atom stereocenters. The Morgan fingerprint density at radius 3 is 0.682 bits per heavy atom. The second-order valence-corrected chi connectivity index (χ2v) is 4.94. The average molecular weight is 304 g/mol. The van der Waals surface area contributed by atoms with Gasteiger partial charge in [0, 0.05) is 13.2 Å². The summed E-state index contributed by atoms with van der Waals surface area (Å²) >= 11 is 0. The van der Waals surface area contributed by atoms with Crippen LogP contribution in [-0.2, 0) is 0 Å². The summed E-state index contributed by atoms with van der Waals surface area (Å²) in [5, 5.41) is 15.1. The summed E-state index contributed by atoms with van der Waals surface area (Å²) in [5.41, 5.74) is 5.32. The van der Waals surface area contributed by atoms with Gasteiger partial charge in [0.15, 0.2) is 0 Å². The summed E-state index contributed by atoms with van der Waals surface area (Å²) in [4.78, 5) is 0. The topological polar surface area (TPSA) is 40.5 Å². The van der Waals surface area contributed by atoms with E-state index in [1.54, 1.807) is 13.8 Å². The van der Waals surface area contributed by atoms with Gasteiger partial charge in [0.25, 0.3) is 0 Å². The molecule has 2 aromatic carbocycles. The molecule has 0 saturated carbocycles. The molecular weight excluding hydrogens is 272 g/mol. The van der Waals surface area contributed by atoms with E-state index in [0.717, 1.165) is 0 Å². The van der Waals surface area contributed by atoms with Crippen molar-refractivity contribution in [2.45, 2.75) is 41.5 Å². The van der Waals surface area contributed by atoms with Gasteiger partial charge in [0.2, 0.25) is 0 Å². The predicted molar refractivity (Wildman–Crippen MR) is 97.4 cm³/mol. The molecule has 2 nitrogen and oxygen atoms in total. The molecular formula is C20H32O2. The molecule has 0 aliphatic rings. The molecule has 2 N–H and O–H groups in total. The third-order valence-electron chi connectivity index (χ3n) is 2.44. The van der Waals surface area contributed by atoms with Crippen LogP contribution in [0.2, 0.25) is 0 Å². The molecule has 124 valence electrons. The molecule has 0 saturated heterocycles. The highest BCUT2D eigenvalue weighted by Crippen LogP contribution is 2.00. The van der Waals surface area contributed by atoms with E-state index in [9.17, 15) is 0 Å². The van der Waals surface area contributed by atoms with Crippen molar-refractivity contribution in [3.05, 3.63) is 70.8 Å². The van der Waals surface area contributed by atoms with Gasteiger partial charge in [-0.3, -0.25) is 0 Å². The number of hydrogen-bond donors (Lipinski definition) is 2. The molecule has 0 bridgehead atoms. The number of aliphatic hydroxyl groups excluding tert-OH is 2. The minimum Gasteiger partial charge on any atom is -0.397 e. The third kappa shape index (κ3) is 16.4. The monoisotopic (exact) mass is 304 g/mol. The maximum atomic E-state index is 7.57. The van der Waals surface area contributed by atoms with Crippen LogP contribution in [0.5, 0.6) is 0 Å². The number of aliphatic hydroxyl groups is 2. The molecule has 0 amide bonds. The lowest BCUT2D eigenvalue weighted by Crippen LogP contribution is -1.70. The van der Waals surface area contributed by atoms with Crippen molar-refractivity contribution in [1.82, 2.24) is 0 Å². The van der Waals surface area contributed by atoms with Gasteiger partial charge in [-0.2, -0.15) is 0 Å². The number of aryl methyl sites for hydroxylation is 4. The fourth-order valence-corrected chi connectivity index (χ4v) is 1.27. The highest BCUT2D eigenvalue weighted by atomic mass is 16.3. The third-order valence-corrected chi connectivity index (χ3v) is 2.44. The molecule has 0 unspecified atom stereocenters. The van der Waals surface area contributed by atoms with Crippen LogP contribution in [-0.4, -0.2) is 23.4 Å². The molecule has 0 spiro atoms. The summed E-state index contributed by atoms with van der Waals surface area (Å²) in [6, 6.07) is 17.0. The first-order valence-corrected chi connectivity index (χ1v) is 7.69. The van der Waals surface area contributed by atoms with Crippen LogP contribution in [0.4, 0.5) is 0 Å². The van der Waals surface area contributed by atoms with Gasteiger partial charge in [0.1, 0.15) is 0 Å². The van der Waals surface area contributed by atoms with Gasteiger partial charge in [0.05, 0.1) is 0 Å². The maximum Gasteiger partial charge on any atom is 0.0402 e. The largest absolute Gasteiger partial charge is 0.397 e. The number of hydrogen-bond acceptors (Lipinski definition) is 2. The maximum absolute atomic E-state index is 7.57. The first-order chi connectivity index (χ1) is 10.4. The Morgan fingerprint density at radius 2 is 0.591 bits per heavy atom. The normalized spacial score (nSPS) is 8.36. The van der Waals surface area contributed by atoms with Crippen molar-refractivity contribution in [1.29, 1.82) is 0 Å². The van der Waals surface area contributed by atoms with Crippen molar-refractivity contribution in [3.8, 4) is 0 Å². The van der Waals surface area contributed by atoms with E-state index in [2.05, 4.69) is 76.2 Å². The van der Waals surface area contributed by atoms with Gasteiger partial charge in [-0.05, 0) is 41.5 Å². The first-order valence-electron chi connectivity index (χ1n) is 7.69. The van der Waals surface area contributed by atoms with Crippen LogP contribution < -0.4 is 0 Å². The van der Waals surface area contributed by atoms with Crippen molar-refractivity contribution >= 4 is 0 Å². The highest BCUT2D eigenvalue weighted by molar-refractivity contribution is 5.20. The summed E-state index contributed by atoms with van der Waals surface area (Å²) in [5.74, 6) is 0. The second kappa shape index (κ2) is 15.7. The molecule has 0 fully saturated rings. The van der Waals surface area contributed by atoms with Crippen LogP contribution in [0.15, 0.2) is 48.5 Å². The van der Waals surface area contributed by atoms with Gasteiger partial charge >= 0.3 is 0 Å². The molecule has 0 aromatic heterocycles. The minimum absolute atomic E-state index is 0.250. The van der Waals surface area contributed by atoms with Crippen molar-refractivity contribution in [2.75, 3.05) is 13.2 Å². The van der Waals surface area contributed by atoms with Crippen molar-refractivity contribution in [3.63, 3.8) is 0 Å². The predicted octanol–water partition coefficient (Wildman–Crippen LogP) is 4.60. The van der Waals surface area contributed by atoms with Gasteiger partial charge < -0.3 is 10.2 Å². The standard InChI is InChI=1S/2C8H10.2C2H6O/c2*1-7-3-5-8(2)6-4-7;2*1-2-3/h2*3-6H,1-2H3;2*3H,2H2,1H3. The fraction of sp³-hybridized carbons (Fsp3) is 0.400. The molecule has 0 radical (unpaired) electrons. The van der Waals surface area contributed by atoms with Gasteiger partial charge in [-0.25, -0.2) is 0 Å². The minimum atomic E-state index is 0.250. The van der Waals surface area contributed by atoms with E-state index in [0.29, 0.717) is 0 Å². The van der Waals surface area contributed by atoms with Crippen LogP contribution in [0.25, 0.3) is 0 Å². The molecule has 22 heavy (non-hydrogen) atoms. The van der Waals surface area contributed by atoms with Crippen LogP contribution >= 0.6 is 0 Å². The number of rotatable bonds is 0. The first kappa shape index (κ1) is 22.6.